The van der Waals surface area contributed by atoms with Gasteiger partial charge < -0.3 is 9.64 Å². The zero-order chi connectivity index (χ0) is 25.4. The standard InChI is InChI=1S/C25H29N3O6S/c1-25(2,3)16-7-9-17(10-8-16)34-14-13-26-35(32,33)21-6-4-5-18-19(21)15-28(24(18)31)20-11-12-22(29)27-23(20)30/h4-10,20,26H,11-15H2,1-3H3,(H,27,29,30). The predicted octanol–water partition coefficient (Wildman–Crippen LogP) is 2.10. The van der Waals surface area contributed by atoms with E-state index < -0.39 is 27.9 Å². The van der Waals surface area contributed by atoms with Crippen LogP contribution in [0.25, 0.3) is 0 Å². The van der Waals surface area contributed by atoms with Crippen LogP contribution in [0.2, 0.25) is 0 Å². The lowest BCUT2D eigenvalue weighted by Gasteiger charge is -2.29. The highest BCUT2D eigenvalue weighted by Gasteiger charge is 2.41. The number of sulfonamides is 1. The molecule has 1 saturated heterocycles. The second kappa shape index (κ2) is 9.43. The topological polar surface area (TPSA) is 122 Å². The van der Waals surface area contributed by atoms with Crippen LogP contribution in [-0.4, -0.2) is 50.2 Å². The summed E-state index contributed by atoms with van der Waals surface area (Å²) in [5.41, 5.74) is 1.78. The maximum Gasteiger partial charge on any atom is 0.255 e. The molecule has 2 aliphatic rings. The molecule has 2 aliphatic heterocycles. The molecule has 2 aromatic rings. The quantitative estimate of drug-likeness (QED) is 0.445. The maximum absolute atomic E-state index is 13.0. The van der Waals surface area contributed by atoms with Crippen molar-refractivity contribution in [2.75, 3.05) is 13.2 Å². The highest BCUT2D eigenvalue weighted by molar-refractivity contribution is 7.89. The van der Waals surface area contributed by atoms with E-state index in [1.807, 2.05) is 24.3 Å². The summed E-state index contributed by atoms with van der Waals surface area (Å²) in [5, 5.41) is 2.24. The van der Waals surface area contributed by atoms with Crippen molar-refractivity contribution in [2.45, 2.75) is 56.5 Å². The number of amides is 3. The van der Waals surface area contributed by atoms with Gasteiger partial charge in [-0.05, 0) is 41.7 Å². The fraction of sp³-hybridized carbons (Fsp3) is 0.400. The third-order valence-electron chi connectivity index (χ3n) is 6.21. The monoisotopic (exact) mass is 499 g/mol. The Morgan fingerprint density at radius 1 is 1.09 bits per heavy atom. The first-order chi connectivity index (χ1) is 16.5. The van der Waals surface area contributed by atoms with Crippen molar-refractivity contribution in [3.8, 4) is 5.75 Å². The third-order valence-corrected chi connectivity index (χ3v) is 7.76. The van der Waals surface area contributed by atoms with Crippen LogP contribution in [0.15, 0.2) is 47.4 Å². The number of rotatable bonds is 7. The van der Waals surface area contributed by atoms with E-state index in [1.54, 1.807) is 6.07 Å². The Balaban J connectivity index is 1.41. The molecule has 0 bridgehead atoms. The molecule has 0 aromatic heterocycles. The van der Waals surface area contributed by atoms with Gasteiger partial charge in [0.25, 0.3) is 5.91 Å². The molecule has 0 saturated carbocycles. The number of carbonyl (C=O) groups is 3. The van der Waals surface area contributed by atoms with Crippen LogP contribution in [0.5, 0.6) is 5.75 Å². The number of hydrogen-bond donors (Lipinski definition) is 2. The van der Waals surface area contributed by atoms with Crippen LogP contribution in [-0.2, 0) is 31.6 Å². The minimum absolute atomic E-state index is 0.00678. The van der Waals surface area contributed by atoms with Crippen LogP contribution in [0.4, 0.5) is 0 Å². The molecule has 1 unspecified atom stereocenters. The van der Waals surface area contributed by atoms with Gasteiger partial charge in [-0.2, -0.15) is 0 Å². The minimum atomic E-state index is -3.93. The Morgan fingerprint density at radius 3 is 2.46 bits per heavy atom. The number of ether oxygens (including phenoxy) is 1. The number of piperidine rings is 1. The van der Waals surface area contributed by atoms with Crippen molar-refractivity contribution in [1.82, 2.24) is 14.9 Å². The van der Waals surface area contributed by atoms with Crippen molar-refractivity contribution < 1.29 is 27.5 Å². The molecule has 2 heterocycles. The van der Waals surface area contributed by atoms with Gasteiger partial charge in [-0.25, -0.2) is 13.1 Å². The van der Waals surface area contributed by atoms with Gasteiger partial charge in [-0.15, -0.1) is 0 Å². The largest absolute Gasteiger partial charge is 0.492 e. The number of nitrogens with one attached hydrogen (secondary N) is 2. The molecule has 35 heavy (non-hydrogen) atoms. The number of benzene rings is 2. The third kappa shape index (κ3) is 5.23. The van der Waals surface area contributed by atoms with Crippen molar-refractivity contribution >= 4 is 27.7 Å². The summed E-state index contributed by atoms with van der Waals surface area (Å²) in [5.74, 6) is -0.704. The summed E-state index contributed by atoms with van der Waals surface area (Å²) in [6.45, 7) is 6.51. The number of nitrogens with zero attached hydrogens (tertiary/aromatic N) is 1. The normalized spacial score (nSPS) is 18.4. The van der Waals surface area contributed by atoms with Gasteiger partial charge in [0.15, 0.2) is 0 Å². The molecule has 9 nitrogen and oxygen atoms in total. The van der Waals surface area contributed by atoms with E-state index in [2.05, 4.69) is 30.8 Å². The Kier molecular flexibility index (Phi) is 6.70. The number of fused-ring (bicyclic) bond motifs is 1. The van der Waals surface area contributed by atoms with Crippen molar-refractivity contribution in [1.29, 1.82) is 0 Å². The van der Waals surface area contributed by atoms with E-state index in [9.17, 15) is 22.8 Å². The van der Waals surface area contributed by atoms with E-state index in [-0.39, 0.29) is 54.3 Å². The zero-order valence-corrected chi connectivity index (χ0v) is 20.8. The second-order valence-electron chi connectivity index (χ2n) is 9.70. The van der Waals surface area contributed by atoms with Crippen LogP contribution in [0.3, 0.4) is 0 Å². The van der Waals surface area contributed by atoms with Gasteiger partial charge >= 0.3 is 0 Å². The predicted molar refractivity (Wildman–Crippen MR) is 128 cm³/mol. The molecule has 1 atom stereocenters. The molecule has 0 radical (unpaired) electrons. The number of imide groups is 1. The summed E-state index contributed by atoms with van der Waals surface area (Å²) in [4.78, 5) is 38.0. The zero-order valence-electron chi connectivity index (χ0n) is 20.0. The fourth-order valence-electron chi connectivity index (χ4n) is 4.28. The molecule has 3 amide bonds. The van der Waals surface area contributed by atoms with E-state index in [1.165, 1.54) is 22.6 Å². The van der Waals surface area contributed by atoms with E-state index >= 15 is 0 Å². The van der Waals surface area contributed by atoms with Crippen molar-refractivity contribution in [2.24, 2.45) is 0 Å². The molecule has 0 aliphatic carbocycles. The molecular weight excluding hydrogens is 470 g/mol. The Morgan fingerprint density at radius 2 is 1.80 bits per heavy atom. The average molecular weight is 500 g/mol. The lowest BCUT2D eigenvalue weighted by molar-refractivity contribution is -0.136. The van der Waals surface area contributed by atoms with Crippen LogP contribution < -0.4 is 14.8 Å². The van der Waals surface area contributed by atoms with E-state index in [0.29, 0.717) is 11.3 Å². The first kappa shape index (κ1) is 24.9. The number of hydrogen-bond acceptors (Lipinski definition) is 6. The van der Waals surface area contributed by atoms with Crippen LogP contribution >= 0.6 is 0 Å². The summed E-state index contributed by atoms with van der Waals surface area (Å²) in [7, 11) is -3.93. The molecule has 4 rings (SSSR count). The Labute approximate surface area is 204 Å². The van der Waals surface area contributed by atoms with Gasteiger partial charge in [-0.3, -0.25) is 19.7 Å². The van der Waals surface area contributed by atoms with Gasteiger partial charge in [-0.1, -0.05) is 39.0 Å². The first-order valence-electron chi connectivity index (χ1n) is 11.5. The molecule has 1 fully saturated rings. The first-order valence-corrected chi connectivity index (χ1v) is 13.0. The van der Waals surface area contributed by atoms with Crippen LogP contribution in [0.1, 0.15) is 55.1 Å². The Hall–Kier alpha value is -3.24. The minimum Gasteiger partial charge on any atom is -0.492 e. The molecule has 2 N–H and O–H groups in total. The molecular formula is C25H29N3O6S. The summed E-state index contributed by atoms with van der Waals surface area (Å²) in [6, 6.07) is 11.4. The molecule has 0 spiro atoms. The molecule has 186 valence electrons. The van der Waals surface area contributed by atoms with Crippen molar-refractivity contribution in [3.05, 3.63) is 59.2 Å². The van der Waals surface area contributed by atoms with E-state index in [4.69, 9.17) is 4.74 Å². The van der Waals surface area contributed by atoms with Gasteiger partial charge in [0, 0.05) is 30.6 Å². The average Bonchev–Trinajstić information content (AvgIpc) is 3.13. The Bertz CT molecular complexity index is 1270. The highest BCUT2D eigenvalue weighted by Crippen LogP contribution is 2.31. The highest BCUT2D eigenvalue weighted by atomic mass is 32.2. The fourth-order valence-corrected chi connectivity index (χ4v) is 5.55. The van der Waals surface area contributed by atoms with Gasteiger partial charge in [0.05, 0.1) is 4.90 Å². The summed E-state index contributed by atoms with van der Waals surface area (Å²) in [6.07, 6.45) is 0.334. The van der Waals surface area contributed by atoms with Gasteiger partial charge in [0.2, 0.25) is 21.8 Å². The van der Waals surface area contributed by atoms with E-state index in [0.717, 1.165) is 0 Å². The van der Waals surface area contributed by atoms with Crippen molar-refractivity contribution in [3.63, 3.8) is 0 Å². The molecule has 10 heteroatoms. The van der Waals surface area contributed by atoms with Crippen LogP contribution in [0, 0.1) is 0 Å². The SMILES string of the molecule is CC(C)(C)c1ccc(OCCNS(=O)(=O)c2cccc3c2CN(C2CCC(=O)NC2=O)C3=O)cc1. The lowest BCUT2D eigenvalue weighted by atomic mass is 9.87. The van der Waals surface area contributed by atoms with Gasteiger partial charge in [0.1, 0.15) is 18.4 Å². The summed E-state index contributed by atoms with van der Waals surface area (Å²) >= 11 is 0. The number of carbonyl (C=O) groups excluding carboxylic acids is 3. The lowest BCUT2D eigenvalue weighted by Crippen LogP contribution is -2.52. The summed E-state index contributed by atoms with van der Waals surface area (Å²) < 4.78 is 34.3. The maximum atomic E-state index is 13.0. The smallest absolute Gasteiger partial charge is 0.255 e. The molecule has 2 aromatic carbocycles. The second-order valence-corrected chi connectivity index (χ2v) is 11.4.